The Hall–Kier alpha value is -3.88. The van der Waals surface area contributed by atoms with Crippen molar-refractivity contribution < 1.29 is 18.5 Å². The lowest BCUT2D eigenvalue weighted by atomic mass is 10.1. The molecule has 9 heteroatoms. The van der Waals surface area contributed by atoms with E-state index in [1.54, 1.807) is 43.7 Å². The Bertz CT molecular complexity index is 1120. The Morgan fingerprint density at radius 2 is 2.12 bits per heavy atom. The van der Waals surface area contributed by atoms with E-state index < -0.39 is 11.8 Å². The summed E-state index contributed by atoms with van der Waals surface area (Å²) >= 11 is 0. The summed E-state index contributed by atoms with van der Waals surface area (Å²) in [7, 11) is 0. The summed E-state index contributed by atoms with van der Waals surface area (Å²) in [6.45, 7) is 1.54. The number of hydrogen-bond donors (Lipinski definition) is 3. The van der Waals surface area contributed by atoms with Crippen LogP contribution < -0.4 is 11.1 Å². The Balaban J connectivity index is 1.66. The highest BCUT2D eigenvalue weighted by molar-refractivity contribution is 6.06. The minimum absolute atomic E-state index is 0.0670. The predicted octanol–water partition coefficient (Wildman–Crippen LogP) is 2.47. The maximum absolute atomic E-state index is 12.4. The van der Waals surface area contributed by atoms with Gasteiger partial charge in [0, 0.05) is 22.2 Å². The molecule has 0 atom stereocenters. The minimum atomic E-state index is -0.755. The molecule has 3 heterocycles. The van der Waals surface area contributed by atoms with E-state index in [1.807, 2.05) is 0 Å². The van der Waals surface area contributed by atoms with Crippen molar-refractivity contribution >= 4 is 28.4 Å². The van der Waals surface area contributed by atoms with Crippen LogP contribution in [0.3, 0.4) is 0 Å². The van der Waals surface area contributed by atoms with Crippen molar-refractivity contribution in [2.75, 3.05) is 5.32 Å². The van der Waals surface area contributed by atoms with Crippen LogP contribution in [0.25, 0.3) is 22.2 Å². The summed E-state index contributed by atoms with van der Waals surface area (Å²) in [5, 5.41) is 14.3. The first-order valence-corrected chi connectivity index (χ1v) is 7.62. The Kier molecular flexibility index (Phi) is 3.54. The second-order valence-corrected chi connectivity index (χ2v) is 5.65. The second-order valence-electron chi connectivity index (χ2n) is 5.65. The van der Waals surface area contributed by atoms with Crippen molar-refractivity contribution in [1.82, 2.24) is 15.4 Å². The van der Waals surface area contributed by atoms with Gasteiger partial charge in [-0.1, -0.05) is 5.16 Å². The monoisotopic (exact) mass is 351 g/mol. The number of hydrogen-bond acceptors (Lipinski definition) is 6. The maximum atomic E-state index is 12.4. The lowest BCUT2D eigenvalue weighted by Gasteiger charge is -2.04. The van der Waals surface area contributed by atoms with Gasteiger partial charge in [0.1, 0.15) is 5.69 Å². The molecule has 130 valence electrons. The third-order valence-corrected chi connectivity index (χ3v) is 3.98. The second kappa shape index (κ2) is 5.88. The zero-order chi connectivity index (χ0) is 18.3. The number of furan rings is 1. The average molecular weight is 351 g/mol. The van der Waals surface area contributed by atoms with Crippen molar-refractivity contribution in [2.24, 2.45) is 5.73 Å². The van der Waals surface area contributed by atoms with E-state index in [-0.39, 0.29) is 11.5 Å². The number of aromatic nitrogens is 3. The van der Waals surface area contributed by atoms with Gasteiger partial charge in [-0.05, 0) is 31.2 Å². The van der Waals surface area contributed by atoms with Crippen LogP contribution in [0, 0.1) is 6.92 Å². The maximum Gasteiger partial charge on any atom is 0.294 e. The van der Waals surface area contributed by atoms with Crippen molar-refractivity contribution in [3.63, 3.8) is 0 Å². The van der Waals surface area contributed by atoms with Crippen LogP contribution in [0.1, 0.15) is 26.6 Å². The van der Waals surface area contributed by atoms with Gasteiger partial charge in [0.2, 0.25) is 5.76 Å². The number of benzene rings is 1. The highest BCUT2D eigenvalue weighted by Crippen LogP contribution is 2.29. The Morgan fingerprint density at radius 1 is 1.27 bits per heavy atom. The van der Waals surface area contributed by atoms with Gasteiger partial charge in [-0.2, -0.15) is 5.10 Å². The van der Waals surface area contributed by atoms with Crippen LogP contribution >= 0.6 is 0 Å². The number of nitrogens with one attached hydrogen (secondary N) is 2. The van der Waals surface area contributed by atoms with E-state index in [1.165, 1.54) is 0 Å². The molecule has 3 aromatic heterocycles. The molecule has 9 nitrogen and oxygen atoms in total. The summed E-state index contributed by atoms with van der Waals surface area (Å²) in [5.74, 6) is -1.36. The highest BCUT2D eigenvalue weighted by atomic mass is 16.5. The van der Waals surface area contributed by atoms with E-state index in [0.29, 0.717) is 16.9 Å². The van der Waals surface area contributed by atoms with Gasteiger partial charge in [0.05, 0.1) is 18.0 Å². The topological polar surface area (TPSA) is 140 Å². The largest absolute Gasteiger partial charge is 0.472 e. The highest BCUT2D eigenvalue weighted by Gasteiger charge is 2.22. The van der Waals surface area contributed by atoms with Gasteiger partial charge >= 0.3 is 0 Å². The normalized spacial score (nSPS) is 11.0. The number of nitrogens with zero attached hydrogens (tertiary/aromatic N) is 2. The van der Waals surface area contributed by atoms with Crippen molar-refractivity contribution in [2.45, 2.75) is 6.92 Å². The fourth-order valence-electron chi connectivity index (χ4n) is 2.68. The summed E-state index contributed by atoms with van der Waals surface area (Å²) in [6.07, 6.45) is 3.15. The van der Waals surface area contributed by atoms with E-state index in [4.69, 9.17) is 14.7 Å². The Labute approximate surface area is 146 Å². The molecular formula is C17H13N5O4. The first kappa shape index (κ1) is 15.6. The molecule has 0 aliphatic heterocycles. The van der Waals surface area contributed by atoms with Crippen LogP contribution in [0.4, 0.5) is 5.69 Å². The van der Waals surface area contributed by atoms with Crippen molar-refractivity contribution in [3.8, 4) is 11.3 Å². The van der Waals surface area contributed by atoms with Crippen LogP contribution in [0.5, 0.6) is 0 Å². The lowest BCUT2D eigenvalue weighted by molar-refractivity contribution is 0.0973. The van der Waals surface area contributed by atoms with Crippen LogP contribution in [-0.4, -0.2) is 27.2 Å². The van der Waals surface area contributed by atoms with Crippen LogP contribution in [0.15, 0.2) is 45.7 Å². The van der Waals surface area contributed by atoms with Gasteiger partial charge in [-0.3, -0.25) is 14.7 Å². The molecule has 0 fully saturated rings. The number of H-pyrrole nitrogens is 1. The number of nitrogens with two attached hydrogens (primary N) is 1. The molecule has 0 saturated carbocycles. The van der Waals surface area contributed by atoms with Gasteiger partial charge in [-0.25, -0.2) is 0 Å². The number of carbonyl (C=O) groups excluding carboxylic acids is 2. The van der Waals surface area contributed by atoms with E-state index in [0.717, 1.165) is 16.5 Å². The molecule has 0 bridgehead atoms. The summed E-state index contributed by atoms with van der Waals surface area (Å²) < 4.78 is 10.0. The molecule has 26 heavy (non-hydrogen) atoms. The molecule has 0 aliphatic carbocycles. The predicted molar refractivity (Wildman–Crippen MR) is 91.5 cm³/mol. The molecule has 4 aromatic rings. The molecule has 2 amide bonds. The lowest BCUT2D eigenvalue weighted by Crippen LogP contribution is -2.15. The first-order valence-electron chi connectivity index (χ1n) is 7.62. The zero-order valence-electron chi connectivity index (χ0n) is 13.6. The van der Waals surface area contributed by atoms with E-state index in [2.05, 4.69) is 20.7 Å². The zero-order valence-corrected chi connectivity index (χ0v) is 13.6. The molecule has 0 aliphatic rings. The van der Waals surface area contributed by atoms with Crippen molar-refractivity contribution in [3.05, 3.63) is 53.8 Å². The number of rotatable bonds is 4. The van der Waals surface area contributed by atoms with Crippen molar-refractivity contribution in [1.29, 1.82) is 0 Å². The number of primary amides is 1. The molecule has 1 aromatic carbocycles. The first-order chi connectivity index (χ1) is 12.5. The van der Waals surface area contributed by atoms with Gasteiger partial charge < -0.3 is 20.0 Å². The van der Waals surface area contributed by atoms with E-state index >= 15 is 0 Å². The third-order valence-electron chi connectivity index (χ3n) is 3.98. The molecule has 4 rings (SSSR count). The summed E-state index contributed by atoms with van der Waals surface area (Å²) in [4.78, 5) is 23.7. The van der Waals surface area contributed by atoms with Crippen LogP contribution in [0.2, 0.25) is 0 Å². The minimum Gasteiger partial charge on any atom is -0.472 e. The molecule has 0 unspecified atom stereocenters. The fraction of sp³-hybridized carbons (Fsp3) is 0.0588. The molecule has 4 N–H and O–H groups in total. The van der Waals surface area contributed by atoms with Gasteiger partial charge in [-0.15, -0.1) is 0 Å². The quantitative estimate of drug-likeness (QED) is 0.516. The summed E-state index contributed by atoms with van der Waals surface area (Å²) in [6, 6.07) is 7.09. The number of aromatic amines is 1. The molecular weight excluding hydrogens is 338 g/mol. The molecule has 0 spiro atoms. The third kappa shape index (κ3) is 2.51. The summed E-state index contributed by atoms with van der Waals surface area (Å²) in [5.41, 5.74) is 8.27. The number of anilines is 1. The van der Waals surface area contributed by atoms with Gasteiger partial charge in [0.15, 0.2) is 5.69 Å². The van der Waals surface area contributed by atoms with Gasteiger partial charge in [0.25, 0.3) is 11.8 Å². The molecule has 0 saturated heterocycles. The average Bonchev–Trinajstić information content (AvgIpc) is 3.32. The SMILES string of the molecule is Cc1c(C(N)=O)noc1C(=O)Nc1ccc2[nH]nc(-c3ccoc3)c2c1. The fourth-order valence-corrected chi connectivity index (χ4v) is 2.68. The van der Waals surface area contributed by atoms with Crippen LogP contribution in [-0.2, 0) is 0 Å². The van der Waals surface area contributed by atoms with E-state index in [9.17, 15) is 9.59 Å². The number of carbonyl (C=O) groups is 2. The standard InChI is InChI=1S/C17H13N5O4/c1-8-13(16(18)23)22-26-15(8)17(24)19-10-2-3-12-11(6-10)14(21-20-12)9-4-5-25-7-9/h2-7H,1H3,(H2,18,23)(H,19,24)(H,20,21). The number of amides is 2. The number of fused-ring (bicyclic) bond motifs is 1. The Morgan fingerprint density at radius 3 is 2.81 bits per heavy atom. The smallest absolute Gasteiger partial charge is 0.294 e. The molecule has 0 radical (unpaired) electrons.